The molecule has 1 heterocycles. The smallest absolute Gasteiger partial charge is 0.154 e. The van der Waals surface area contributed by atoms with Crippen molar-refractivity contribution in [1.82, 2.24) is 5.16 Å². The molecule has 1 aromatic heterocycles. The maximum Gasteiger partial charge on any atom is 0.154 e. The summed E-state index contributed by atoms with van der Waals surface area (Å²) >= 11 is 1.45. The largest absolute Gasteiger partial charge is 0.379 e. The summed E-state index contributed by atoms with van der Waals surface area (Å²) in [6.45, 7) is 1.86. The summed E-state index contributed by atoms with van der Waals surface area (Å²) in [5.41, 5.74) is 6.37. The van der Waals surface area contributed by atoms with Crippen LogP contribution in [0.25, 0.3) is 0 Å². The lowest BCUT2D eigenvalue weighted by Crippen LogP contribution is -2.05. The van der Waals surface area contributed by atoms with Gasteiger partial charge in [-0.05, 0) is 6.92 Å². The molecule has 0 aromatic carbocycles. The van der Waals surface area contributed by atoms with Gasteiger partial charge >= 0.3 is 0 Å². The molecule has 6 heteroatoms. The molecular formula is C7H12ClN3OS. The van der Waals surface area contributed by atoms with Crippen molar-refractivity contribution >= 4 is 29.3 Å². The predicted molar refractivity (Wildman–Crippen MR) is 57.3 cm³/mol. The average molecular weight is 222 g/mol. The fourth-order valence-corrected chi connectivity index (χ4v) is 1.26. The van der Waals surface area contributed by atoms with Crippen molar-refractivity contribution < 1.29 is 4.52 Å². The molecule has 0 fully saturated rings. The summed E-state index contributed by atoms with van der Waals surface area (Å²) in [6.07, 6.45) is 0. The van der Waals surface area contributed by atoms with E-state index in [0.717, 1.165) is 11.5 Å². The Morgan fingerprint density at radius 2 is 2.46 bits per heavy atom. The summed E-state index contributed by atoms with van der Waals surface area (Å²) in [4.78, 5) is 3.81. The third-order valence-electron chi connectivity index (χ3n) is 1.27. The first-order valence-corrected chi connectivity index (χ1v) is 4.48. The number of amidine groups is 1. The van der Waals surface area contributed by atoms with Crippen LogP contribution in [0.5, 0.6) is 0 Å². The summed E-state index contributed by atoms with van der Waals surface area (Å²) < 4.78 is 4.89. The van der Waals surface area contributed by atoms with E-state index in [4.69, 9.17) is 10.3 Å². The molecule has 2 N–H and O–H groups in total. The first kappa shape index (κ1) is 12.3. The topological polar surface area (TPSA) is 64.4 Å². The lowest BCUT2D eigenvalue weighted by atomic mass is 10.4. The minimum absolute atomic E-state index is 0. The van der Waals surface area contributed by atoms with Gasteiger partial charge in [0.1, 0.15) is 5.76 Å². The number of aryl methyl sites for hydroxylation is 1. The van der Waals surface area contributed by atoms with Gasteiger partial charge < -0.3 is 10.3 Å². The SMILES string of the molecule is CN=C(N)SCc1cc(C)on1.Cl. The maximum atomic E-state index is 5.48. The highest BCUT2D eigenvalue weighted by Gasteiger charge is 2.00. The lowest BCUT2D eigenvalue weighted by molar-refractivity contribution is 0.393. The van der Waals surface area contributed by atoms with Gasteiger partial charge in [-0.1, -0.05) is 16.9 Å². The highest BCUT2D eigenvalue weighted by molar-refractivity contribution is 8.13. The van der Waals surface area contributed by atoms with Gasteiger partial charge in [0.15, 0.2) is 5.17 Å². The Labute approximate surface area is 87.4 Å². The number of thioether (sulfide) groups is 1. The summed E-state index contributed by atoms with van der Waals surface area (Å²) in [7, 11) is 1.66. The van der Waals surface area contributed by atoms with E-state index in [-0.39, 0.29) is 12.4 Å². The molecule has 0 radical (unpaired) electrons. The van der Waals surface area contributed by atoms with Crippen molar-refractivity contribution in [2.75, 3.05) is 7.05 Å². The molecule has 1 aromatic rings. The molecule has 0 bridgehead atoms. The van der Waals surface area contributed by atoms with Gasteiger partial charge in [0.05, 0.1) is 5.69 Å². The van der Waals surface area contributed by atoms with Crippen LogP contribution in [0.4, 0.5) is 0 Å². The van der Waals surface area contributed by atoms with Gasteiger partial charge in [-0.25, -0.2) is 0 Å². The molecule has 0 amide bonds. The Morgan fingerprint density at radius 1 is 1.77 bits per heavy atom. The zero-order valence-electron chi connectivity index (χ0n) is 7.48. The van der Waals surface area contributed by atoms with Gasteiger partial charge in [0.2, 0.25) is 0 Å². The number of hydrogen-bond acceptors (Lipinski definition) is 4. The molecule has 0 saturated heterocycles. The van der Waals surface area contributed by atoms with Crippen molar-refractivity contribution in [3.8, 4) is 0 Å². The molecule has 0 unspecified atom stereocenters. The van der Waals surface area contributed by atoms with Gasteiger partial charge in [-0.15, -0.1) is 12.4 Å². The number of aliphatic imine (C=N–C) groups is 1. The molecule has 0 atom stereocenters. The maximum absolute atomic E-state index is 5.48. The quantitative estimate of drug-likeness (QED) is 0.609. The second-order valence-electron chi connectivity index (χ2n) is 2.28. The summed E-state index contributed by atoms with van der Waals surface area (Å²) in [5.74, 6) is 1.53. The molecule has 13 heavy (non-hydrogen) atoms. The minimum Gasteiger partial charge on any atom is -0.379 e. The minimum atomic E-state index is 0. The van der Waals surface area contributed by atoms with E-state index in [1.807, 2.05) is 13.0 Å². The van der Waals surface area contributed by atoms with Crippen molar-refractivity contribution in [1.29, 1.82) is 0 Å². The van der Waals surface area contributed by atoms with Crippen LogP contribution < -0.4 is 5.73 Å². The lowest BCUT2D eigenvalue weighted by Gasteiger charge is -1.93. The Kier molecular flexibility index (Phi) is 5.57. The number of aromatic nitrogens is 1. The van der Waals surface area contributed by atoms with Crippen LogP contribution in [0, 0.1) is 6.92 Å². The van der Waals surface area contributed by atoms with E-state index in [1.165, 1.54) is 11.8 Å². The van der Waals surface area contributed by atoms with E-state index < -0.39 is 0 Å². The summed E-state index contributed by atoms with van der Waals surface area (Å²) in [6, 6.07) is 1.88. The van der Waals surface area contributed by atoms with Gasteiger partial charge in [0, 0.05) is 18.9 Å². The Morgan fingerprint density at radius 3 is 2.92 bits per heavy atom. The Balaban J connectivity index is 0.00000144. The first-order valence-electron chi connectivity index (χ1n) is 3.49. The first-order chi connectivity index (χ1) is 5.72. The zero-order valence-corrected chi connectivity index (χ0v) is 9.11. The van der Waals surface area contributed by atoms with E-state index in [1.54, 1.807) is 7.05 Å². The second-order valence-corrected chi connectivity index (χ2v) is 3.28. The molecule has 74 valence electrons. The molecule has 0 aliphatic heterocycles. The number of nitrogens with two attached hydrogens (primary N) is 1. The highest BCUT2D eigenvalue weighted by Crippen LogP contribution is 2.11. The van der Waals surface area contributed by atoms with Crippen molar-refractivity contribution in [3.63, 3.8) is 0 Å². The molecule has 0 aliphatic rings. The monoisotopic (exact) mass is 221 g/mol. The third kappa shape index (κ3) is 4.19. The molecular weight excluding hydrogens is 210 g/mol. The Bertz CT molecular complexity index is 287. The Hall–Kier alpha value is -0.680. The van der Waals surface area contributed by atoms with Crippen LogP contribution in [0.15, 0.2) is 15.6 Å². The fraction of sp³-hybridized carbons (Fsp3) is 0.429. The average Bonchev–Trinajstić information content (AvgIpc) is 2.47. The van der Waals surface area contributed by atoms with Crippen molar-refractivity contribution in [2.45, 2.75) is 12.7 Å². The fourth-order valence-electron chi connectivity index (χ4n) is 0.698. The van der Waals surface area contributed by atoms with Crippen LogP contribution in [0.3, 0.4) is 0 Å². The standard InChI is InChI=1S/C7H11N3OS.ClH/c1-5-3-6(10-11-5)4-12-7(8)9-2;/h3H,4H2,1-2H3,(H2,8,9);1H. The van der Waals surface area contributed by atoms with Gasteiger partial charge in [0.25, 0.3) is 0 Å². The molecule has 0 spiro atoms. The van der Waals surface area contributed by atoms with E-state index >= 15 is 0 Å². The van der Waals surface area contributed by atoms with Gasteiger partial charge in [-0.2, -0.15) is 0 Å². The van der Waals surface area contributed by atoms with Crippen LogP contribution in [0.1, 0.15) is 11.5 Å². The number of rotatable bonds is 2. The number of nitrogens with zero attached hydrogens (tertiary/aromatic N) is 2. The molecule has 1 rings (SSSR count). The van der Waals surface area contributed by atoms with E-state index in [0.29, 0.717) is 10.9 Å². The number of hydrogen-bond donors (Lipinski definition) is 1. The second kappa shape index (κ2) is 5.88. The third-order valence-corrected chi connectivity index (χ3v) is 2.18. The van der Waals surface area contributed by atoms with Crippen LogP contribution in [-0.2, 0) is 5.75 Å². The van der Waals surface area contributed by atoms with E-state index in [9.17, 15) is 0 Å². The van der Waals surface area contributed by atoms with E-state index in [2.05, 4.69) is 10.1 Å². The van der Waals surface area contributed by atoms with Crippen molar-refractivity contribution in [2.24, 2.45) is 10.7 Å². The zero-order chi connectivity index (χ0) is 8.97. The molecule has 0 saturated carbocycles. The van der Waals surface area contributed by atoms with Crippen LogP contribution in [0.2, 0.25) is 0 Å². The van der Waals surface area contributed by atoms with Crippen LogP contribution in [-0.4, -0.2) is 17.4 Å². The molecule has 4 nitrogen and oxygen atoms in total. The molecule has 0 aliphatic carbocycles. The van der Waals surface area contributed by atoms with Crippen LogP contribution >= 0.6 is 24.2 Å². The predicted octanol–water partition coefficient (Wildman–Crippen LogP) is 1.58. The normalized spacial score (nSPS) is 11.1. The van der Waals surface area contributed by atoms with Crippen molar-refractivity contribution in [3.05, 3.63) is 17.5 Å². The highest BCUT2D eigenvalue weighted by atomic mass is 35.5. The summed E-state index contributed by atoms with van der Waals surface area (Å²) in [5, 5.41) is 4.38. The van der Waals surface area contributed by atoms with Gasteiger partial charge in [-0.3, -0.25) is 4.99 Å². The number of halogens is 1.